The van der Waals surface area contributed by atoms with Gasteiger partial charge in [-0.15, -0.1) is 0 Å². The van der Waals surface area contributed by atoms with E-state index in [4.69, 9.17) is 5.73 Å². The SMILES string of the molecule is CC(CC(N)C1=CCCCCCC1)CC(C)(C)C. The van der Waals surface area contributed by atoms with Crippen molar-refractivity contribution in [1.29, 1.82) is 0 Å². The van der Waals surface area contributed by atoms with Crippen LogP contribution in [0, 0.1) is 11.3 Å². The lowest BCUT2D eigenvalue weighted by atomic mass is 9.81. The van der Waals surface area contributed by atoms with E-state index < -0.39 is 0 Å². The van der Waals surface area contributed by atoms with Crippen LogP contribution in [0.2, 0.25) is 0 Å². The zero-order chi connectivity index (χ0) is 13.6. The quantitative estimate of drug-likeness (QED) is 0.695. The van der Waals surface area contributed by atoms with Crippen LogP contribution >= 0.6 is 0 Å². The minimum atomic E-state index is 0.306. The van der Waals surface area contributed by atoms with E-state index in [1.54, 1.807) is 0 Å². The molecule has 2 atom stereocenters. The highest BCUT2D eigenvalue weighted by molar-refractivity contribution is 5.11. The second-order valence-electron chi connectivity index (χ2n) is 7.44. The van der Waals surface area contributed by atoms with Gasteiger partial charge in [0.1, 0.15) is 0 Å². The Bertz CT molecular complexity index is 259. The van der Waals surface area contributed by atoms with E-state index in [-0.39, 0.29) is 0 Å². The van der Waals surface area contributed by atoms with Crippen molar-refractivity contribution in [3.63, 3.8) is 0 Å². The fourth-order valence-electron chi connectivity index (χ4n) is 3.27. The minimum Gasteiger partial charge on any atom is -0.324 e. The molecule has 1 nitrogen and oxygen atoms in total. The Morgan fingerprint density at radius 3 is 2.50 bits per heavy atom. The van der Waals surface area contributed by atoms with Gasteiger partial charge in [-0.2, -0.15) is 0 Å². The van der Waals surface area contributed by atoms with Gasteiger partial charge in [-0.05, 0) is 49.9 Å². The lowest BCUT2D eigenvalue weighted by Crippen LogP contribution is -2.27. The van der Waals surface area contributed by atoms with Crippen molar-refractivity contribution in [2.45, 2.75) is 85.1 Å². The average molecular weight is 251 g/mol. The van der Waals surface area contributed by atoms with Gasteiger partial charge in [0.25, 0.3) is 0 Å². The van der Waals surface area contributed by atoms with E-state index in [2.05, 4.69) is 33.8 Å². The number of nitrogens with two attached hydrogens (primary N) is 1. The maximum absolute atomic E-state index is 6.42. The molecule has 0 heterocycles. The van der Waals surface area contributed by atoms with Gasteiger partial charge in [-0.1, -0.05) is 52.2 Å². The van der Waals surface area contributed by atoms with Crippen LogP contribution in [0.5, 0.6) is 0 Å². The third-order valence-electron chi connectivity index (χ3n) is 3.92. The van der Waals surface area contributed by atoms with Crippen molar-refractivity contribution in [2.24, 2.45) is 17.1 Å². The van der Waals surface area contributed by atoms with Gasteiger partial charge in [0.05, 0.1) is 0 Å². The lowest BCUT2D eigenvalue weighted by molar-refractivity contribution is 0.289. The van der Waals surface area contributed by atoms with Crippen LogP contribution in [0.3, 0.4) is 0 Å². The molecule has 0 fully saturated rings. The zero-order valence-electron chi connectivity index (χ0n) is 13.0. The molecule has 0 amide bonds. The molecule has 0 saturated heterocycles. The summed E-state index contributed by atoms with van der Waals surface area (Å²) in [5.74, 6) is 0.728. The molecular weight excluding hydrogens is 218 g/mol. The first-order valence-electron chi connectivity index (χ1n) is 7.83. The van der Waals surface area contributed by atoms with Gasteiger partial charge in [-0.3, -0.25) is 0 Å². The summed E-state index contributed by atoms with van der Waals surface area (Å²) in [6.07, 6.45) is 12.8. The monoisotopic (exact) mass is 251 g/mol. The summed E-state index contributed by atoms with van der Waals surface area (Å²) in [6, 6.07) is 0.306. The van der Waals surface area contributed by atoms with Crippen molar-refractivity contribution in [1.82, 2.24) is 0 Å². The van der Waals surface area contributed by atoms with Gasteiger partial charge >= 0.3 is 0 Å². The molecule has 0 radical (unpaired) electrons. The topological polar surface area (TPSA) is 26.0 Å². The Kier molecular flexibility index (Phi) is 6.42. The number of allylic oxidation sites excluding steroid dienone is 1. The van der Waals surface area contributed by atoms with Gasteiger partial charge < -0.3 is 5.73 Å². The summed E-state index contributed by atoms with van der Waals surface area (Å²) < 4.78 is 0. The summed E-state index contributed by atoms with van der Waals surface area (Å²) in [5, 5.41) is 0. The first-order chi connectivity index (χ1) is 8.38. The van der Waals surface area contributed by atoms with Crippen LogP contribution in [0.15, 0.2) is 11.6 Å². The number of hydrogen-bond acceptors (Lipinski definition) is 1. The van der Waals surface area contributed by atoms with Crippen molar-refractivity contribution in [3.05, 3.63) is 11.6 Å². The van der Waals surface area contributed by atoms with Crippen LogP contribution in [0.1, 0.15) is 79.1 Å². The summed E-state index contributed by atoms with van der Waals surface area (Å²) in [4.78, 5) is 0. The second-order valence-corrected chi connectivity index (χ2v) is 7.44. The predicted octanol–water partition coefficient (Wildman–Crippen LogP) is 5.06. The zero-order valence-corrected chi connectivity index (χ0v) is 13.0. The largest absolute Gasteiger partial charge is 0.324 e. The van der Waals surface area contributed by atoms with Gasteiger partial charge in [0.15, 0.2) is 0 Å². The molecule has 0 aromatic heterocycles. The number of hydrogen-bond donors (Lipinski definition) is 1. The summed E-state index contributed by atoms with van der Waals surface area (Å²) in [7, 11) is 0. The summed E-state index contributed by atoms with van der Waals surface area (Å²) in [5.41, 5.74) is 8.38. The lowest BCUT2D eigenvalue weighted by Gasteiger charge is -2.26. The van der Waals surface area contributed by atoms with E-state index in [0.717, 1.165) is 12.3 Å². The van der Waals surface area contributed by atoms with E-state index in [1.807, 2.05) is 0 Å². The number of rotatable bonds is 4. The van der Waals surface area contributed by atoms with Crippen LogP contribution in [-0.4, -0.2) is 6.04 Å². The standard InChI is InChI=1S/C17H33N/c1-14(13-17(2,3)4)12-16(18)15-10-8-6-5-7-9-11-15/h10,14,16H,5-9,11-13,18H2,1-4H3. The molecule has 1 aliphatic carbocycles. The fraction of sp³-hybridized carbons (Fsp3) is 0.882. The Morgan fingerprint density at radius 2 is 1.83 bits per heavy atom. The molecule has 1 rings (SSSR count). The molecule has 0 bridgehead atoms. The first kappa shape index (κ1) is 15.8. The molecular formula is C17H33N. The molecule has 106 valence electrons. The first-order valence-corrected chi connectivity index (χ1v) is 7.83. The normalized spacial score (nSPS) is 21.7. The maximum Gasteiger partial charge on any atom is 0.0256 e. The van der Waals surface area contributed by atoms with Crippen LogP contribution in [-0.2, 0) is 0 Å². The average Bonchev–Trinajstić information content (AvgIpc) is 2.12. The van der Waals surface area contributed by atoms with Crippen molar-refractivity contribution in [3.8, 4) is 0 Å². The Morgan fingerprint density at radius 1 is 1.17 bits per heavy atom. The smallest absolute Gasteiger partial charge is 0.0256 e. The molecule has 0 aromatic rings. The Labute approximate surface area is 114 Å². The fourth-order valence-corrected chi connectivity index (χ4v) is 3.27. The minimum absolute atomic E-state index is 0.306. The Hall–Kier alpha value is -0.300. The summed E-state index contributed by atoms with van der Waals surface area (Å²) in [6.45, 7) is 9.33. The van der Waals surface area contributed by atoms with Crippen LogP contribution in [0.4, 0.5) is 0 Å². The van der Waals surface area contributed by atoms with E-state index in [9.17, 15) is 0 Å². The molecule has 2 N–H and O–H groups in total. The predicted molar refractivity (Wildman–Crippen MR) is 81.6 cm³/mol. The Balaban J connectivity index is 2.45. The molecule has 0 aromatic carbocycles. The maximum atomic E-state index is 6.42. The third kappa shape index (κ3) is 6.58. The van der Waals surface area contributed by atoms with Crippen molar-refractivity contribution < 1.29 is 0 Å². The molecule has 1 aliphatic rings. The van der Waals surface area contributed by atoms with Gasteiger partial charge in [0.2, 0.25) is 0 Å². The molecule has 0 spiro atoms. The van der Waals surface area contributed by atoms with Crippen molar-refractivity contribution >= 4 is 0 Å². The molecule has 18 heavy (non-hydrogen) atoms. The van der Waals surface area contributed by atoms with Crippen LogP contribution in [0.25, 0.3) is 0 Å². The van der Waals surface area contributed by atoms with Gasteiger partial charge in [0, 0.05) is 6.04 Å². The van der Waals surface area contributed by atoms with E-state index in [1.165, 1.54) is 50.5 Å². The third-order valence-corrected chi connectivity index (χ3v) is 3.92. The highest BCUT2D eigenvalue weighted by Gasteiger charge is 2.19. The molecule has 1 heteroatoms. The summed E-state index contributed by atoms with van der Waals surface area (Å²) >= 11 is 0. The molecule has 0 aliphatic heterocycles. The van der Waals surface area contributed by atoms with Crippen molar-refractivity contribution in [2.75, 3.05) is 0 Å². The molecule has 2 unspecified atom stereocenters. The highest BCUT2D eigenvalue weighted by atomic mass is 14.6. The second kappa shape index (κ2) is 7.33. The highest BCUT2D eigenvalue weighted by Crippen LogP contribution is 2.28. The van der Waals surface area contributed by atoms with E-state index in [0.29, 0.717) is 11.5 Å². The molecule has 0 saturated carbocycles. The van der Waals surface area contributed by atoms with Gasteiger partial charge in [-0.25, -0.2) is 0 Å². The van der Waals surface area contributed by atoms with E-state index >= 15 is 0 Å². The van der Waals surface area contributed by atoms with Crippen LogP contribution < -0.4 is 5.73 Å².